The Balaban J connectivity index is 2.37. The molecule has 76 valence electrons. The van der Waals surface area contributed by atoms with Crippen molar-refractivity contribution in [3.05, 3.63) is 36.3 Å². The van der Waals surface area contributed by atoms with Crippen molar-refractivity contribution in [3.63, 3.8) is 0 Å². The first-order valence-corrected chi connectivity index (χ1v) is 4.60. The Morgan fingerprint density at radius 3 is 2.47 bits per heavy atom. The third-order valence-electron chi connectivity index (χ3n) is 2.05. The summed E-state index contributed by atoms with van der Waals surface area (Å²) in [4.78, 5) is 4.28. The summed E-state index contributed by atoms with van der Waals surface area (Å²) >= 11 is 0. The van der Waals surface area contributed by atoms with E-state index in [0.29, 0.717) is 5.82 Å². The van der Waals surface area contributed by atoms with E-state index < -0.39 is 0 Å². The molecule has 4 nitrogen and oxygen atoms in total. The Morgan fingerprint density at radius 2 is 1.87 bits per heavy atom. The molecule has 0 spiro atoms. The number of ether oxygens (including phenoxy) is 1. The fourth-order valence-electron chi connectivity index (χ4n) is 1.29. The molecule has 1 heterocycles. The second-order valence-corrected chi connectivity index (χ2v) is 3.12. The molecule has 0 atom stereocenters. The number of methoxy groups -OCH3 is 1. The van der Waals surface area contributed by atoms with Gasteiger partial charge in [0.25, 0.3) is 0 Å². The summed E-state index contributed by atoms with van der Waals surface area (Å²) < 4.78 is 5.08. The van der Waals surface area contributed by atoms with Gasteiger partial charge in [-0.3, -0.25) is 0 Å². The monoisotopic (exact) mass is 201 g/mol. The van der Waals surface area contributed by atoms with Crippen LogP contribution in [0, 0.1) is 6.92 Å². The molecule has 0 saturated heterocycles. The summed E-state index contributed by atoms with van der Waals surface area (Å²) in [6.45, 7) is 1.82. The molecule has 0 aliphatic heterocycles. The summed E-state index contributed by atoms with van der Waals surface area (Å²) in [5.41, 5.74) is 1.83. The molecule has 0 bridgehead atoms. The number of rotatable bonds is 2. The van der Waals surface area contributed by atoms with Crippen LogP contribution in [0.5, 0.6) is 5.75 Å². The van der Waals surface area contributed by atoms with Gasteiger partial charge in [0, 0.05) is 5.56 Å². The number of aryl methyl sites for hydroxylation is 1. The fourth-order valence-corrected chi connectivity index (χ4v) is 1.29. The van der Waals surface area contributed by atoms with Crippen molar-refractivity contribution in [2.24, 2.45) is 0 Å². The Hall–Kier alpha value is -1.97. The van der Waals surface area contributed by atoms with Crippen molar-refractivity contribution in [1.82, 2.24) is 15.2 Å². The van der Waals surface area contributed by atoms with Crippen LogP contribution in [0.2, 0.25) is 0 Å². The van der Waals surface area contributed by atoms with Gasteiger partial charge in [-0.25, -0.2) is 4.98 Å². The summed E-state index contributed by atoms with van der Waals surface area (Å²) in [5.74, 6) is 1.50. The molecular formula is C11H11N3O. The average Bonchev–Trinajstić information content (AvgIpc) is 2.29. The lowest BCUT2D eigenvalue weighted by atomic mass is 10.1. The molecule has 0 aliphatic rings. The molecule has 0 N–H and O–H groups in total. The lowest BCUT2D eigenvalue weighted by molar-refractivity contribution is 0.415. The van der Waals surface area contributed by atoms with Crippen LogP contribution in [0.4, 0.5) is 0 Å². The van der Waals surface area contributed by atoms with Crippen LogP contribution in [-0.2, 0) is 0 Å². The maximum absolute atomic E-state index is 5.08. The predicted octanol–water partition coefficient (Wildman–Crippen LogP) is 1.86. The van der Waals surface area contributed by atoms with Crippen molar-refractivity contribution in [3.8, 4) is 17.0 Å². The quantitative estimate of drug-likeness (QED) is 0.744. The molecule has 4 heteroatoms. The lowest BCUT2D eigenvalue weighted by Gasteiger charge is -2.02. The van der Waals surface area contributed by atoms with Gasteiger partial charge in [-0.2, -0.15) is 5.10 Å². The fraction of sp³-hybridized carbons (Fsp3) is 0.182. The van der Waals surface area contributed by atoms with Crippen molar-refractivity contribution >= 4 is 0 Å². The maximum atomic E-state index is 5.08. The zero-order valence-electron chi connectivity index (χ0n) is 8.64. The van der Waals surface area contributed by atoms with Crippen LogP contribution in [0.1, 0.15) is 5.82 Å². The van der Waals surface area contributed by atoms with E-state index in [1.54, 1.807) is 13.3 Å². The molecule has 2 aromatic rings. The van der Waals surface area contributed by atoms with Gasteiger partial charge in [-0.1, -0.05) is 0 Å². The first-order valence-electron chi connectivity index (χ1n) is 4.60. The van der Waals surface area contributed by atoms with Crippen molar-refractivity contribution in [2.75, 3.05) is 7.11 Å². The van der Waals surface area contributed by atoms with Crippen LogP contribution in [0.3, 0.4) is 0 Å². The first kappa shape index (κ1) is 9.58. The second kappa shape index (κ2) is 4.04. The van der Waals surface area contributed by atoms with E-state index in [-0.39, 0.29) is 0 Å². The van der Waals surface area contributed by atoms with Gasteiger partial charge in [0.15, 0.2) is 0 Å². The molecule has 15 heavy (non-hydrogen) atoms. The molecule has 0 amide bonds. The Labute approximate surface area is 88.0 Å². The van der Waals surface area contributed by atoms with Crippen LogP contribution in [0.25, 0.3) is 11.3 Å². The van der Waals surface area contributed by atoms with E-state index in [1.165, 1.54) is 0 Å². The Morgan fingerprint density at radius 1 is 1.13 bits per heavy atom. The topological polar surface area (TPSA) is 47.9 Å². The SMILES string of the molecule is COc1ccc(-c2cnnc(C)n2)cc1. The average molecular weight is 201 g/mol. The third kappa shape index (κ3) is 2.10. The van der Waals surface area contributed by atoms with Crippen molar-refractivity contribution in [1.29, 1.82) is 0 Å². The zero-order valence-corrected chi connectivity index (χ0v) is 8.64. The second-order valence-electron chi connectivity index (χ2n) is 3.12. The van der Waals surface area contributed by atoms with E-state index in [1.807, 2.05) is 31.2 Å². The highest BCUT2D eigenvalue weighted by molar-refractivity contribution is 5.58. The van der Waals surface area contributed by atoms with Crippen LogP contribution in [-0.4, -0.2) is 22.3 Å². The standard InChI is InChI=1S/C11H11N3O/c1-8-13-11(7-12-14-8)9-3-5-10(15-2)6-4-9/h3-7H,1-2H3. The highest BCUT2D eigenvalue weighted by Crippen LogP contribution is 2.19. The summed E-state index contributed by atoms with van der Waals surface area (Å²) in [7, 11) is 1.64. The van der Waals surface area contributed by atoms with Gasteiger partial charge < -0.3 is 4.74 Å². The molecule has 0 unspecified atom stereocenters. The third-order valence-corrected chi connectivity index (χ3v) is 2.05. The molecule has 1 aromatic carbocycles. The summed E-state index contributed by atoms with van der Waals surface area (Å²) in [5, 5.41) is 7.67. The van der Waals surface area contributed by atoms with E-state index in [4.69, 9.17) is 4.74 Å². The molecule has 0 aliphatic carbocycles. The normalized spacial score (nSPS) is 10.0. The smallest absolute Gasteiger partial charge is 0.148 e. The van der Waals surface area contributed by atoms with Gasteiger partial charge in [0.05, 0.1) is 19.0 Å². The Bertz CT molecular complexity index is 454. The van der Waals surface area contributed by atoms with E-state index in [9.17, 15) is 0 Å². The first-order chi connectivity index (χ1) is 7.29. The van der Waals surface area contributed by atoms with Crippen molar-refractivity contribution < 1.29 is 4.74 Å². The lowest BCUT2D eigenvalue weighted by Crippen LogP contribution is -1.93. The molecule has 0 fully saturated rings. The van der Waals surface area contributed by atoms with Gasteiger partial charge in [0.2, 0.25) is 0 Å². The van der Waals surface area contributed by atoms with Gasteiger partial charge in [0.1, 0.15) is 11.6 Å². The maximum Gasteiger partial charge on any atom is 0.148 e. The summed E-state index contributed by atoms with van der Waals surface area (Å²) in [6.07, 6.45) is 1.65. The number of benzene rings is 1. The van der Waals surface area contributed by atoms with E-state index >= 15 is 0 Å². The molecule has 0 saturated carbocycles. The molecule has 1 aromatic heterocycles. The minimum atomic E-state index is 0.670. The van der Waals surface area contributed by atoms with Gasteiger partial charge in [-0.05, 0) is 31.2 Å². The largest absolute Gasteiger partial charge is 0.497 e. The minimum absolute atomic E-state index is 0.670. The Kier molecular flexibility index (Phi) is 2.58. The summed E-state index contributed by atoms with van der Waals surface area (Å²) in [6, 6.07) is 7.68. The predicted molar refractivity (Wildman–Crippen MR) is 56.6 cm³/mol. The van der Waals surface area contributed by atoms with Crippen molar-refractivity contribution in [2.45, 2.75) is 6.92 Å². The van der Waals surface area contributed by atoms with Gasteiger partial charge in [-0.15, -0.1) is 5.10 Å². The highest BCUT2D eigenvalue weighted by Gasteiger charge is 2.00. The highest BCUT2D eigenvalue weighted by atomic mass is 16.5. The molecule has 2 rings (SSSR count). The van der Waals surface area contributed by atoms with Crippen LogP contribution in [0.15, 0.2) is 30.5 Å². The zero-order chi connectivity index (χ0) is 10.7. The number of hydrogen-bond acceptors (Lipinski definition) is 4. The molecular weight excluding hydrogens is 190 g/mol. The van der Waals surface area contributed by atoms with E-state index in [2.05, 4.69) is 15.2 Å². The van der Waals surface area contributed by atoms with E-state index in [0.717, 1.165) is 17.0 Å². The number of hydrogen-bond donors (Lipinski definition) is 0. The van der Waals surface area contributed by atoms with Gasteiger partial charge >= 0.3 is 0 Å². The number of nitrogens with zero attached hydrogens (tertiary/aromatic N) is 3. The van der Waals surface area contributed by atoms with Crippen LogP contribution < -0.4 is 4.74 Å². The van der Waals surface area contributed by atoms with Crippen LogP contribution >= 0.6 is 0 Å². The number of aromatic nitrogens is 3. The minimum Gasteiger partial charge on any atom is -0.497 e. The molecule has 0 radical (unpaired) electrons.